The minimum absolute atomic E-state index is 0.223. The fourth-order valence-electron chi connectivity index (χ4n) is 2.03. The molecule has 1 aromatic carbocycles. The third kappa shape index (κ3) is 4.63. The predicted octanol–water partition coefficient (Wildman–Crippen LogP) is 0.838. The van der Waals surface area contributed by atoms with Crippen LogP contribution in [0.4, 0.5) is 0 Å². The van der Waals surface area contributed by atoms with Crippen LogP contribution in [0.25, 0.3) is 0 Å². The molecule has 0 saturated carbocycles. The molecule has 22 heavy (non-hydrogen) atoms. The monoisotopic (exact) mass is 309 g/mol. The molecule has 1 atom stereocenters. The van der Waals surface area contributed by atoms with E-state index < -0.39 is 17.9 Å². The summed E-state index contributed by atoms with van der Waals surface area (Å²) in [7, 11) is 2.99. The Morgan fingerprint density at radius 1 is 1.23 bits per heavy atom. The van der Waals surface area contributed by atoms with Crippen LogP contribution in [0.5, 0.6) is 11.5 Å². The maximum absolute atomic E-state index is 12.4. The van der Waals surface area contributed by atoms with Gasteiger partial charge in [0.25, 0.3) is 11.8 Å². The fourth-order valence-corrected chi connectivity index (χ4v) is 2.03. The highest BCUT2D eigenvalue weighted by Gasteiger charge is 2.23. The van der Waals surface area contributed by atoms with Gasteiger partial charge in [0.1, 0.15) is 17.5 Å². The SMILES string of the molecule is COc1ccc(C(=O)N[C@@H](CC(C)C)C(=O)NN)c(OC)c1. The van der Waals surface area contributed by atoms with Crippen LogP contribution >= 0.6 is 0 Å². The number of ether oxygens (including phenoxy) is 2. The lowest BCUT2D eigenvalue weighted by Crippen LogP contribution is -2.49. The summed E-state index contributed by atoms with van der Waals surface area (Å²) in [5.41, 5.74) is 2.39. The van der Waals surface area contributed by atoms with E-state index in [1.165, 1.54) is 14.2 Å². The van der Waals surface area contributed by atoms with Gasteiger partial charge in [-0.2, -0.15) is 0 Å². The van der Waals surface area contributed by atoms with E-state index in [2.05, 4.69) is 10.7 Å². The van der Waals surface area contributed by atoms with Crippen molar-refractivity contribution in [3.63, 3.8) is 0 Å². The summed E-state index contributed by atoms with van der Waals surface area (Å²) in [6, 6.07) is 4.14. The molecular formula is C15H23N3O4. The van der Waals surface area contributed by atoms with Gasteiger partial charge in [0.05, 0.1) is 19.8 Å². The molecule has 0 aliphatic rings. The summed E-state index contributed by atoms with van der Waals surface area (Å²) < 4.78 is 10.3. The zero-order chi connectivity index (χ0) is 16.7. The van der Waals surface area contributed by atoms with Gasteiger partial charge < -0.3 is 14.8 Å². The molecule has 0 saturated heterocycles. The second-order valence-electron chi connectivity index (χ2n) is 5.23. The van der Waals surface area contributed by atoms with Crippen molar-refractivity contribution in [2.45, 2.75) is 26.3 Å². The van der Waals surface area contributed by atoms with E-state index in [0.717, 1.165) is 0 Å². The number of amides is 2. The number of methoxy groups -OCH3 is 2. The Bertz CT molecular complexity index is 532. The van der Waals surface area contributed by atoms with Crippen LogP contribution in [0.2, 0.25) is 0 Å². The van der Waals surface area contributed by atoms with Gasteiger partial charge in [-0.25, -0.2) is 5.84 Å². The molecule has 122 valence electrons. The molecule has 0 radical (unpaired) electrons. The van der Waals surface area contributed by atoms with Gasteiger partial charge in [-0.15, -0.1) is 0 Å². The number of carbonyl (C=O) groups is 2. The lowest BCUT2D eigenvalue weighted by atomic mass is 10.0. The molecular weight excluding hydrogens is 286 g/mol. The molecule has 4 N–H and O–H groups in total. The highest BCUT2D eigenvalue weighted by atomic mass is 16.5. The van der Waals surface area contributed by atoms with Crippen LogP contribution < -0.4 is 26.1 Å². The van der Waals surface area contributed by atoms with E-state index >= 15 is 0 Å². The van der Waals surface area contributed by atoms with E-state index in [4.69, 9.17) is 15.3 Å². The maximum Gasteiger partial charge on any atom is 0.256 e. The maximum atomic E-state index is 12.4. The fraction of sp³-hybridized carbons (Fsp3) is 0.467. The zero-order valence-electron chi connectivity index (χ0n) is 13.3. The smallest absolute Gasteiger partial charge is 0.256 e. The van der Waals surface area contributed by atoms with E-state index in [0.29, 0.717) is 23.5 Å². The first kappa shape index (κ1) is 17.8. The van der Waals surface area contributed by atoms with Gasteiger partial charge in [-0.3, -0.25) is 15.0 Å². The van der Waals surface area contributed by atoms with E-state index in [1.54, 1.807) is 18.2 Å². The quantitative estimate of drug-likeness (QED) is 0.393. The van der Waals surface area contributed by atoms with Crippen LogP contribution in [-0.2, 0) is 4.79 Å². The van der Waals surface area contributed by atoms with Gasteiger partial charge >= 0.3 is 0 Å². The molecule has 0 heterocycles. The van der Waals surface area contributed by atoms with Gasteiger partial charge in [-0.05, 0) is 24.5 Å². The van der Waals surface area contributed by atoms with Gasteiger partial charge in [0.15, 0.2) is 0 Å². The topological polar surface area (TPSA) is 103 Å². The Morgan fingerprint density at radius 2 is 1.91 bits per heavy atom. The van der Waals surface area contributed by atoms with Crippen molar-refractivity contribution < 1.29 is 19.1 Å². The zero-order valence-corrected chi connectivity index (χ0v) is 13.3. The molecule has 1 rings (SSSR count). The van der Waals surface area contributed by atoms with Crippen LogP contribution in [0.1, 0.15) is 30.6 Å². The Morgan fingerprint density at radius 3 is 2.41 bits per heavy atom. The molecule has 1 aromatic rings. The van der Waals surface area contributed by atoms with Crippen molar-refractivity contribution in [1.82, 2.24) is 10.7 Å². The average Bonchev–Trinajstić information content (AvgIpc) is 2.52. The molecule has 0 fully saturated rings. The average molecular weight is 309 g/mol. The number of hydrogen-bond donors (Lipinski definition) is 3. The summed E-state index contributed by atoms with van der Waals surface area (Å²) in [4.78, 5) is 24.2. The van der Waals surface area contributed by atoms with E-state index in [-0.39, 0.29) is 5.92 Å². The largest absolute Gasteiger partial charge is 0.497 e. The van der Waals surface area contributed by atoms with Crippen LogP contribution in [0.15, 0.2) is 18.2 Å². The number of nitrogens with one attached hydrogen (secondary N) is 2. The van der Waals surface area contributed by atoms with Crippen LogP contribution in [0.3, 0.4) is 0 Å². The van der Waals surface area contributed by atoms with E-state index in [1.807, 2.05) is 13.8 Å². The molecule has 7 nitrogen and oxygen atoms in total. The number of nitrogens with two attached hydrogens (primary N) is 1. The molecule has 0 spiro atoms. The first-order chi connectivity index (χ1) is 10.4. The number of benzene rings is 1. The predicted molar refractivity (Wildman–Crippen MR) is 82.6 cm³/mol. The normalized spacial score (nSPS) is 11.7. The van der Waals surface area contributed by atoms with Crippen molar-refractivity contribution in [1.29, 1.82) is 0 Å². The highest BCUT2D eigenvalue weighted by Crippen LogP contribution is 2.24. The van der Waals surface area contributed by atoms with Crippen molar-refractivity contribution in [2.24, 2.45) is 11.8 Å². The van der Waals surface area contributed by atoms with Crippen molar-refractivity contribution in [3.8, 4) is 11.5 Å². The molecule has 0 aliphatic carbocycles. The lowest BCUT2D eigenvalue weighted by Gasteiger charge is -2.19. The second kappa shape index (κ2) is 8.23. The summed E-state index contributed by atoms with van der Waals surface area (Å²) in [6.45, 7) is 3.91. The number of rotatable bonds is 7. The van der Waals surface area contributed by atoms with Gasteiger partial charge in [0, 0.05) is 6.07 Å². The summed E-state index contributed by atoms with van der Waals surface area (Å²) in [5.74, 6) is 5.49. The van der Waals surface area contributed by atoms with Crippen LogP contribution in [0, 0.1) is 5.92 Å². The Kier molecular flexibility index (Phi) is 6.65. The molecule has 2 amide bonds. The lowest BCUT2D eigenvalue weighted by molar-refractivity contribution is -0.123. The second-order valence-corrected chi connectivity index (χ2v) is 5.23. The van der Waals surface area contributed by atoms with Crippen molar-refractivity contribution in [2.75, 3.05) is 14.2 Å². The third-order valence-corrected chi connectivity index (χ3v) is 3.12. The number of hydrogen-bond acceptors (Lipinski definition) is 5. The van der Waals surface area contributed by atoms with Crippen LogP contribution in [-0.4, -0.2) is 32.1 Å². The summed E-state index contributed by atoms with van der Waals surface area (Å²) in [6.07, 6.45) is 0.479. The minimum atomic E-state index is -0.704. The minimum Gasteiger partial charge on any atom is -0.497 e. The Labute approximate surface area is 130 Å². The molecule has 0 aliphatic heterocycles. The highest BCUT2D eigenvalue weighted by molar-refractivity contribution is 5.99. The summed E-state index contributed by atoms with van der Waals surface area (Å²) in [5, 5.41) is 2.68. The molecule has 0 aromatic heterocycles. The Balaban J connectivity index is 2.96. The van der Waals surface area contributed by atoms with E-state index in [9.17, 15) is 9.59 Å². The molecule has 0 bridgehead atoms. The molecule has 7 heteroatoms. The van der Waals surface area contributed by atoms with Gasteiger partial charge in [0.2, 0.25) is 0 Å². The standard InChI is InChI=1S/C15H23N3O4/c1-9(2)7-12(15(20)18-16)17-14(19)11-6-5-10(21-3)8-13(11)22-4/h5-6,8-9,12H,7,16H2,1-4H3,(H,17,19)(H,18,20)/t12-/m0/s1. The third-order valence-electron chi connectivity index (χ3n) is 3.12. The summed E-state index contributed by atoms with van der Waals surface area (Å²) >= 11 is 0. The molecule has 0 unspecified atom stereocenters. The number of carbonyl (C=O) groups excluding carboxylic acids is 2. The van der Waals surface area contributed by atoms with Crippen molar-refractivity contribution >= 4 is 11.8 Å². The Hall–Kier alpha value is -2.28. The number of hydrazine groups is 1. The first-order valence-corrected chi connectivity index (χ1v) is 6.96. The first-order valence-electron chi connectivity index (χ1n) is 6.96. The van der Waals surface area contributed by atoms with Gasteiger partial charge in [-0.1, -0.05) is 13.8 Å². The van der Waals surface area contributed by atoms with Crippen molar-refractivity contribution in [3.05, 3.63) is 23.8 Å².